The maximum atomic E-state index is 11.0. The summed E-state index contributed by atoms with van der Waals surface area (Å²) in [7, 11) is 0. The number of hydrogen-bond donors (Lipinski definition) is 0. The molecule has 3 heterocycles. The van der Waals surface area contributed by atoms with E-state index in [-0.39, 0.29) is 0 Å². The maximum absolute atomic E-state index is 11.0. The SMILES string of the molecule is O=Cc1cn(Cc2cnoc2)c2ncccc12. The summed E-state index contributed by atoms with van der Waals surface area (Å²) in [4.78, 5) is 15.2. The molecule has 0 atom stereocenters. The fraction of sp³-hybridized carbons (Fsp3) is 0.0833. The number of carbonyl (C=O) groups excluding carboxylic acids is 1. The van der Waals surface area contributed by atoms with Gasteiger partial charge in [0.25, 0.3) is 0 Å². The average Bonchev–Trinajstić information content (AvgIpc) is 2.98. The normalized spacial score (nSPS) is 10.8. The standard InChI is InChI=1S/C12H9N3O2/c16-7-10-6-15(5-9-4-14-17-8-9)12-11(10)2-1-3-13-12/h1-4,6-8H,5H2. The maximum Gasteiger partial charge on any atom is 0.152 e. The van der Waals surface area contributed by atoms with Crippen molar-refractivity contribution in [3.63, 3.8) is 0 Å². The molecule has 0 unspecified atom stereocenters. The fourth-order valence-corrected chi connectivity index (χ4v) is 1.87. The number of aldehydes is 1. The van der Waals surface area contributed by atoms with E-state index in [0.29, 0.717) is 12.1 Å². The highest BCUT2D eigenvalue weighted by Gasteiger charge is 2.09. The lowest BCUT2D eigenvalue weighted by atomic mass is 10.2. The Hall–Kier alpha value is -2.43. The second-order valence-corrected chi connectivity index (χ2v) is 3.74. The summed E-state index contributed by atoms with van der Waals surface area (Å²) in [6, 6.07) is 3.70. The third-order valence-electron chi connectivity index (χ3n) is 2.63. The third kappa shape index (κ3) is 1.61. The summed E-state index contributed by atoms with van der Waals surface area (Å²) in [5.41, 5.74) is 2.37. The van der Waals surface area contributed by atoms with Gasteiger partial charge in [-0.05, 0) is 12.1 Å². The van der Waals surface area contributed by atoms with Gasteiger partial charge < -0.3 is 9.09 Å². The number of hydrogen-bond acceptors (Lipinski definition) is 4. The molecule has 0 amide bonds. The van der Waals surface area contributed by atoms with Crippen molar-refractivity contribution in [1.29, 1.82) is 0 Å². The Balaban J connectivity index is 2.13. The van der Waals surface area contributed by atoms with Crippen molar-refractivity contribution in [3.8, 4) is 0 Å². The fourth-order valence-electron chi connectivity index (χ4n) is 1.87. The van der Waals surface area contributed by atoms with Crippen molar-refractivity contribution >= 4 is 17.3 Å². The highest BCUT2D eigenvalue weighted by Crippen LogP contribution is 2.18. The van der Waals surface area contributed by atoms with E-state index in [1.807, 2.05) is 16.7 Å². The molecular formula is C12H9N3O2. The first-order valence-electron chi connectivity index (χ1n) is 5.16. The molecule has 0 fully saturated rings. The minimum Gasteiger partial charge on any atom is -0.364 e. The summed E-state index contributed by atoms with van der Waals surface area (Å²) in [6.07, 6.45) is 7.57. The van der Waals surface area contributed by atoms with Crippen LogP contribution in [-0.2, 0) is 6.54 Å². The third-order valence-corrected chi connectivity index (χ3v) is 2.63. The monoisotopic (exact) mass is 227 g/mol. The lowest BCUT2D eigenvalue weighted by molar-refractivity contribution is 0.112. The Bertz CT molecular complexity index is 656. The van der Waals surface area contributed by atoms with Crippen molar-refractivity contribution in [1.82, 2.24) is 14.7 Å². The molecule has 3 aromatic rings. The Kier molecular flexibility index (Phi) is 2.22. The van der Waals surface area contributed by atoms with Crippen LogP contribution in [0.4, 0.5) is 0 Å². The Morgan fingerprint density at radius 1 is 1.47 bits per heavy atom. The number of carbonyl (C=O) groups is 1. The van der Waals surface area contributed by atoms with Crippen LogP contribution in [0, 0.1) is 0 Å². The summed E-state index contributed by atoms with van der Waals surface area (Å²) in [5, 5.41) is 4.51. The molecule has 84 valence electrons. The van der Waals surface area contributed by atoms with E-state index >= 15 is 0 Å². The summed E-state index contributed by atoms with van der Waals surface area (Å²) >= 11 is 0. The van der Waals surface area contributed by atoms with Gasteiger partial charge in [-0.2, -0.15) is 0 Å². The molecule has 0 aromatic carbocycles. The van der Waals surface area contributed by atoms with E-state index in [1.54, 1.807) is 24.9 Å². The first-order valence-corrected chi connectivity index (χ1v) is 5.16. The molecule has 0 saturated carbocycles. The molecule has 0 radical (unpaired) electrons. The zero-order chi connectivity index (χ0) is 11.7. The van der Waals surface area contributed by atoms with Gasteiger partial charge in [-0.15, -0.1) is 0 Å². The molecule has 5 nitrogen and oxygen atoms in total. The molecule has 0 aliphatic rings. The van der Waals surface area contributed by atoms with Crippen LogP contribution in [0.15, 0.2) is 41.5 Å². The number of nitrogens with zero attached hydrogens (tertiary/aromatic N) is 3. The van der Waals surface area contributed by atoms with Gasteiger partial charge in [-0.1, -0.05) is 5.16 Å². The van der Waals surface area contributed by atoms with Crippen molar-refractivity contribution in [2.24, 2.45) is 0 Å². The van der Waals surface area contributed by atoms with Gasteiger partial charge in [-0.3, -0.25) is 4.79 Å². The van der Waals surface area contributed by atoms with Gasteiger partial charge in [0, 0.05) is 28.9 Å². The Morgan fingerprint density at radius 2 is 2.41 bits per heavy atom. The first kappa shape index (κ1) is 9.77. The molecule has 3 aromatic heterocycles. The van der Waals surface area contributed by atoms with Crippen LogP contribution >= 0.6 is 0 Å². The summed E-state index contributed by atoms with van der Waals surface area (Å²) in [5.74, 6) is 0. The van der Waals surface area contributed by atoms with Gasteiger partial charge >= 0.3 is 0 Å². The minimum absolute atomic E-state index is 0.588. The van der Waals surface area contributed by atoms with E-state index < -0.39 is 0 Å². The molecule has 3 rings (SSSR count). The zero-order valence-electron chi connectivity index (χ0n) is 8.91. The van der Waals surface area contributed by atoms with E-state index in [4.69, 9.17) is 4.52 Å². The van der Waals surface area contributed by atoms with Crippen LogP contribution < -0.4 is 0 Å². The average molecular weight is 227 g/mol. The van der Waals surface area contributed by atoms with Gasteiger partial charge in [-0.25, -0.2) is 4.98 Å². The van der Waals surface area contributed by atoms with Crippen molar-refractivity contribution < 1.29 is 9.32 Å². The summed E-state index contributed by atoms with van der Waals surface area (Å²) < 4.78 is 6.69. The van der Waals surface area contributed by atoms with Crippen LogP contribution in [-0.4, -0.2) is 21.0 Å². The second-order valence-electron chi connectivity index (χ2n) is 3.74. The van der Waals surface area contributed by atoms with E-state index in [2.05, 4.69) is 10.1 Å². The van der Waals surface area contributed by atoms with Gasteiger partial charge in [0.2, 0.25) is 0 Å². The van der Waals surface area contributed by atoms with Crippen LogP contribution in [0.5, 0.6) is 0 Å². The molecule has 17 heavy (non-hydrogen) atoms. The van der Waals surface area contributed by atoms with Crippen LogP contribution in [0.2, 0.25) is 0 Å². The molecule has 5 heteroatoms. The van der Waals surface area contributed by atoms with Gasteiger partial charge in [0.1, 0.15) is 11.9 Å². The molecule has 0 N–H and O–H groups in total. The molecule has 0 spiro atoms. The highest BCUT2D eigenvalue weighted by molar-refractivity contribution is 5.95. The number of fused-ring (bicyclic) bond motifs is 1. The van der Waals surface area contributed by atoms with E-state index in [9.17, 15) is 4.79 Å². The predicted octanol–water partition coefficient (Wildman–Crippen LogP) is 1.89. The van der Waals surface area contributed by atoms with E-state index in [0.717, 1.165) is 22.9 Å². The first-order chi connectivity index (χ1) is 8.38. The lowest BCUT2D eigenvalue weighted by Gasteiger charge is -2.00. The molecular weight excluding hydrogens is 218 g/mol. The predicted molar refractivity (Wildman–Crippen MR) is 60.7 cm³/mol. The molecule has 0 aliphatic heterocycles. The van der Waals surface area contributed by atoms with Crippen LogP contribution in [0.3, 0.4) is 0 Å². The van der Waals surface area contributed by atoms with Crippen LogP contribution in [0.25, 0.3) is 11.0 Å². The quantitative estimate of drug-likeness (QED) is 0.641. The smallest absolute Gasteiger partial charge is 0.152 e. The number of aromatic nitrogens is 3. The molecule has 0 aliphatic carbocycles. The second kappa shape index (κ2) is 3.86. The largest absolute Gasteiger partial charge is 0.364 e. The Morgan fingerprint density at radius 3 is 3.18 bits per heavy atom. The number of pyridine rings is 1. The Labute approximate surface area is 96.7 Å². The van der Waals surface area contributed by atoms with Crippen molar-refractivity contribution in [2.45, 2.75) is 6.54 Å². The van der Waals surface area contributed by atoms with Crippen LogP contribution in [0.1, 0.15) is 15.9 Å². The summed E-state index contributed by atoms with van der Waals surface area (Å²) in [6.45, 7) is 0.588. The molecule has 0 bridgehead atoms. The van der Waals surface area contributed by atoms with Crippen molar-refractivity contribution in [3.05, 3.63) is 48.1 Å². The van der Waals surface area contributed by atoms with Gasteiger partial charge in [0.05, 0.1) is 12.7 Å². The van der Waals surface area contributed by atoms with Gasteiger partial charge in [0.15, 0.2) is 6.29 Å². The van der Waals surface area contributed by atoms with Crippen molar-refractivity contribution in [2.75, 3.05) is 0 Å². The zero-order valence-corrected chi connectivity index (χ0v) is 8.91. The number of rotatable bonds is 3. The highest BCUT2D eigenvalue weighted by atomic mass is 16.5. The minimum atomic E-state index is 0.588. The van der Waals surface area contributed by atoms with E-state index in [1.165, 1.54) is 0 Å². The topological polar surface area (TPSA) is 60.9 Å². The lowest BCUT2D eigenvalue weighted by Crippen LogP contribution is -1.97. The molecule has 0 saturated heterocycles.